The van der Waals surface area contributed by atoms with E-state index >= 15 is 0 Å². The van der Waals surface area contributed by atoms with E-state index in [-0.39, 0.29) is 18.1 Å². The molecule has 21 heavy (non-hydrogen) atoms. The Bertz CT molecular complexity index is 669. The van der Waals surface area contributed by atoms with Gasteiger partial charge in [-0.15, -0.1) is 0 Å². The summed E-state index contributed by atoms with van der Waals surface area (Å²) < 4.78 is 10.8. The van der Waals surface area contributed by atoms with Crippen molar-refractivity contribution in [1.29, 1.82) is 0 Å². The van der Waals surface area contributed by atoms with Crippen LogP contribution in [0, 0.1) is 6.92 Å². The van der Waals surface area contributed by atoms with Crippen LogP contribution in [-0.2, 0) is 6.61 Å². The number of rotatable bonds is 5. The fraction of sp³-hybridized carbons (Fsp3) is 0.200. The van der Waals surface area contributed by atoms with Gasteiger partial charge in [-0.3, -0.25) is 0 Å². The minimum absolute atomic E-state index is 0.00227. The number of aliphatic hydroxyl groups excluding tert-OH is 1. The first-order valence-electron chi connectivity index (χ1n) is 6.21. The SMILES string of the molecule is COc1cc(CO)ccc1Oc1nc(C)ccc1C(=O)O. The van der Waals surface area contributed by atoms with E-state index in [2.05, 4.69) is 4.98 Å². The Morgan fingerprint density at radius 1 is 1.24 bits per heavy atom. The monoisotopic (exact) mass is 289 g/mol. The summed E-state index contributed by atoms with van der Waals surface area (Å²) in [6.45, 7) is 1.62. The van der Waals surface area contributed by atoms with E-state index in [1.165, 1.54) is 13.2 Å². The largest absolute Gasteiger partial charge is 0.493 e. The van der Waals surface area contributed by atoms with Gasteiger partial charge >= 0.3 is 5.97 Å². The van der Waals surface area contributed by atoms with Crippen LogP contribution >= 0.6 is 0 Å². The number of pyridine rings is 1. The van der Waals surface area contributed by atoms with Gasteiger partial charge in [-0.2, -0.15) is 0 Å². The van der Waals surface area contributed by atoms with Crippen molar-refractivity contribution in [3.63, 3.8) is 0 Å². The van der Waals surface area contributed by atoms with E-state index < -0.39 is 5.97 Å². The van der Waals surface area contributed by atoms with E-state index in [0.717, 1.165) is 0 Å². The van der Waals surface area contributed by atoms with Gasteiger partial charge in [-0.25, -0.2) is 9.78 Å². The molecule has 1 heterocycles. The van der Waals surface area contributed by atoms with Crippen LogP contribution < -0.4 is 9.47 Å². The molecule has 0 saturated heterocycles. The highest BCUT2D eigenvalue weighted by Crippen LogP contribution is 2.33. The first kappa shape index (κ1) is 14.8. The van der Waals surface area contributed by atoms with Crippen molar-refractivity contribution in [2.75, 3.05) is 7.11 Å². The molecular formula is C15H15NO5. The van der Waals surface area contributed by atoms with Gasteiger partial charge in [0.1, 0.15) is 5.56 Å². The van der Waals surface area contributed by atoms with Crippen molar-refractivity contribution >= 4 is 5.97 Å². The molecule has 0 unspecified atom stereocenters. The number of carboxylic acid groups (broad SMARTS) is 1. The number of nitrogens with zero attached hydrogens (tertiary/aromatic N) is 1. The van der Waals surface area contributed by atoms with E-state index in [1.54, 1.807) is 31.2 Å². The van der Waals surface area contributed by atoms with Gasteiger partial charge in [0.15, 0.2) is 11.5 Å². The van der Waals surface area contributed by atoms with Crippen molar-refractivity contribution < 1.29 is 24.5 Å². The lowest BCUT2D eigenvalue weighted by atomic mass is 10.2. The minimum atomic E-state index is -1.12. The number of ether oxygens (including phenoxy) is 2. The average molecular weight is 289 g/mol. The molecule has 0 spiro atoms. The molecular weight excluding hydrogens is 274 g/mol. The lowest BCUT2D eigenvalue weighted by Gasteiger charge is -2.12. The van der Waals surface area contributed by atoms with Crippen LogP contribution in [0.5, 0.6) is 17.4 Å². The van der Waals surface area contributed by atoms with Gasteiger partial charge in [0.25, 0.3) is 0 Å². The van der Waals surface area contributed by atoms with Crippen molar-refractivity contribution in [1.82, 2.24) is 4.98 Å². The number of aryl methyl sites for hydroxylation is 1. The molecule has 2 aromatic rings. The normalized spacial score (nSPS) is 10.2. The Morgan fingerprint density at radius 2 is 2.00 bits per heavy atom. The van der Waals surface area contributed by atoms with E-state index in [4.69, 9.17) is 19.7 Å². The molecule has 2 rings (SSSR count). The molecule has 0 aliphatic rings. The molecule has 0 aliphatic carbocycles. The third-order valence-electron chi connectivity index (χ3n) is 2.85. The van der Waals surface area contributed by atoms with Crippen LogP contribution in [0.4, 0.5) is 0 Å². The lowest BCUT2D eigenvalue weighted by Crippen LogP contribution is -2.03. The molecule has 6 heteroatoms. The quantitative estimate of drug-likeness (QED) is 0.878. The predicted octanol–water partition coefficient (Wildman–Crippen LogP) is 2.38. The van der Waals surface area contributed by atoms with Crippen LogP contribution in [0.2, 0.25) is 0 Å². The van der Waals surface area contributed by atoms with Gasteiger partial charge in [0.2, 0.25) is 5.88 Å². The van der Waals surface area contributed by atoms with Gasteiger partial charge in [0, 0.05) is 5.69 Å². The van der Waals surface area contributed by atoms with Crippen LogP contribution in [0.3, 0.4) is 0 Å². The summed E-state index contributed by atoms with van der Waals surface area (Å²) in [6, 6.07) is 7.91. The smallest absolute Gasteiger partial charge is 0.341 e. The molecule has 6 nitrogen and oxygen atoms in total. The highest BCUT2D eigenvalue weighted by molar-refractivity contribution is 5.90. The molecule has 0 amide bonds. The Hall–Kier alpha value is -2.60. The highest BCUT2D eigenvalue weighted by Gasteiger charge is 2.16. The number of aromatic nitrogens is 1. The van der Waals surface area contributed by atoms with Crippen LogP contribution in [0.1, 0.15) is 21.6 Å². The number of methoxy groups -OCH3 is 1. The fourth-order valence-electron chi connectivity index (χ4n) is 1.77. The maximum atomic E-state index is 11.2. The number of hydrogen-bond donors (Lipinski definition) is 2. The van der Waals surface area contributed by atoms with E-state index in [1.807, 2.05) is 0 Å². The summed E-state index contributed by atoms with van der Waals surface area (Å²) >= 11 is 0. The van der Waals surface area contributed by atoms with Gasteiger partial charge < -0.3 is 19.7 Å². The molecule has 0 fully saturated rings. The highest BCUT2D eigenvalue weighted by atomic mass is 16.5. The fourth-order valence-corrected chi connectivity index (χ4v) is 1.77. The third kappa shape index (κ3) is 3.29. The van der Waals surface area contributed by atoms with Crippen LogP contribution in [0.15, 0.2) is 30.3 Å². The maximum absolute atomic E-state index is 11.2. The average Bonchev–Trinajstić information content (AvgIpc) is 2.47. The lowest BCUT2D eigenvalue weighted by molar-refractivity contribution is 0.0693. The summed E-state index contributed by atoms with van der Waals surface area (Å²) in [4.78, 5) is 15.3. The van der Waals surface area contributed by atoms with Crippen molar-refractivity contribution in [2.24, 2.45) is 0 Å². The van der Waals surface area contributed by atoms with Crippen LogP contribution in [-0.4, -0.2) is 28.3 Å². The third-order valence-corrected chi connectivity index (χ3v) is 2.85. The van der Waals surface area contributed by atoms with Gasteiger partial charge in [-0.1, -0.05) is 6.07 Å². The standard InChI is InChI=1S/C15H15NO5/c1-9-3-5-11(15(18)19)14(16-9)21-12-6-4-10(8-17)7-13(12)20-2/h3-7,17H,8H2,1-2H3,(H,18,19). The zero-order valence-electron chi connectivity index (χ0n) is 11.7. The zero-order valence-corrected chi connectivity index (χ0v) is 11.7. The summed E-state index contributed by atoms with van der Waals surface area (Å²) in [5.74, 6) is -0.405. The molecule has 0 saturated carbocycles. The molecule has 110 valence electrons. The van der Waals surface area contributed by atoms with Gasteiger partial charge in [0.05, 0.1) is 13.7 Å². The number of hydrogen-bond acceptors (Lipinski definition) is 5. The zero-order chi connectivity index (χ0) is 15.4. The molecule has 0 bridgehead atoms. The maximum Gasteiger partial charge on any atom is 0.341 e. The van der Waals surface area contributed by atoms with Crippen molar-refractivity contribution in [3.05, 3.63) is 47.2 Å². The molecule has 0 atom stereocenters. The van der Waals surface area contributed by atoms with Gasteiger partial charge in [-0.05, 0) is 36.8 Å². The topological polar surface area (TPSA) is 88.9 Å². The Balaban J connectivity index is 2.42. The summed E-state index contributed by atoms with van der Waals surface area (Å²) in [5.41, 5.74) is 1.27. The second kappa shape index (κ2) is 6.23. The molecule has 2 N–H and O–H groups in total. The molecule has 0 aliphatic heterocycles. The summed E-state index contributed by atoms with van der Waals surface area (Å²) in [7, 11) is 1.46. The first-order valence-corrected chi connectivity index (χ1v) is 6.21. The Labute approximate surface area is 121 Å². The molecule has 1 aromatic heterocycles. The number of aliphatic hydroxyl groups is 1. The summed E-state index contributed by atoms with van der Waals surface area (Å²) in [6.07, 6.45) is 0. The minimum Gasteiger partial charge on any atom is -0.493 e. The molecule has 1 aromatic carbocycles. The molecule has 0 radical (unpaired) electrons. The Kier molecular flexibility index (Phi) is 4.39. The van der Waals surface area contributed by atoms with Crippen molar-refractivity contribution in [3.8, 4) is 17.4 Å². The predicted molar refractivity (Wildman–Crippen MR) is 74.9 cm³/mol. The van der Waals surface area contributed by atoms with Crippen LogP contribution in [0.25, 0.3) is 0 Å². The number of aromatic carboxylic acids is 1. The first-order chi connectivity index (χ1) is 10.0. The van der Waals surface area contributed by atoms with E-state index in [9.17, 15) is 4.79 Å². The van der Waals surface area contributed by atoms with Crippen molar-refractivity contribution in [2.45, 2.75) is 13.5 Å². The number of carboxylic acids is 1. The Morgan fingerprint density at radius 3 is 2.62 bits per heavy atom. The summed E-state index contributed by atoms with van der Waals surface area (Å²) in [5, 5.41) is 18.3. The second-order valence-corrected chi connectivity index (χ2v) is 4.36. The second-order valence-electron chi connectivity index (χ2n) is 4.36. The number of carbonyl (C=O) groups is 1. The van der Waals surface area contributed by atoms with E-state index in [0.29, 0.717) is 22.8 Å². The number of benzene rings is 1.